The molecule has 18 heavy (non-hydrogen) atoms. The number of rotatable bonds is 3. The van der Waals surface area contributed by atoms with Crippen molar-refractivity contribution in [2.75, 3.05) is 19.6 Å². The first-order chi connectivity index (χ1) is 8.62. The van der Waals surface area contributed by atoms with Crippen LogP contribution in [0.25, 0.3) is 0 Å². The Bertz CT molecular complexity index is 339. The van der Waals surface area contributed by atoms with Gasteiger partial charge in [-0.2, -0.15) is 0 Å². The molecule has 0 aliphatic carbocycles. The molecular formula is C13H22N2O3. The van der Waals surface area contributed by atoms with Crippen LogP contribution >= 0.6 is 0 Å². The van der Waals surface area contributed by atoms with Crippen molar-refractivity contribution < 1.29 is 14.7 Å². The number of carbonyl (C=O) groups is 2. The Morgan fingerprint density at radius 2 is 2.22 bits per heavy atom. The third-order valence-corrected chi connectivity index (χ3v) is 4.38. The average molecular weight is 254 g/mol. The third-order valence-electron chi connectivity index (χ3n) is 4.38. The van der Waals surface area contributed by atoms with Crippen LogP contribution < -0.4 is 5.32 Å². The number of likely N-dealkylation sites (tertiary alicyclic amines) is 1. The number of carbonyl (C=O) groups excluding carboxylic acids is 1. The van der Waals surface area contributed by atoms with Gasteiger partial charge in [0.25, 0.3) is 0 Å². The molecule has 0 spiro atoms. The van der Waals surface area contributed by atoms with Crippen molar-refractivity contribution in [3.05, 3.63) is 0 Å². The van der Waals surface area contributed by atoms with Crippen LogP contribution in [0.2, 0.25) is 0 Å². The Morgan fingerprint density at radius 3 is 2.78 bits per heavy atom. The highest BCUT2D eigenvalue weighted by Gasteiger charge is 2.49. The van der Waals surface area contributed by atoms with Crippen LogP contribution in [0.4, 0.5) is 0 Å². The van der Waals surface area contributed by atoms with Gasteiger partial charge in [-0.1, -0.05) is 6.92 Å². The molecule has 2 N–H and O–H groups in total. The summed E-state index contributed by atoms with van der Waals surface area (Å²) >= 11 is 0. The molecule has 5 nitrogen and oxygen atoms in total. The molecule has 5 heteroatoms. The van der Waals surface area contributed by atoms with Crippen LogP contribution in [0.3, 0.4) is 0 Å². The zero-order valence-corrected chi connectivity index (χ0v) is 10.9. The normalized spacial score (nSPS) is 32.5. The minimum atomic E-state index is -0.950. The van der Waals surface area contributed by atoms with Crippen molar-refractivity contribution in [1.82, 2.24) is 10.2 Å². The van der Waals surface area contributed by atoms with Crippen molar-refractivity contribution in [3.63, 3.8) is 0 Å². The highest BCUT2D eigenvalue weighted by molar-refractivity contribution is 5.89. The van der Waals surface area contributed by atoms with Crippen LogP contribution in [-0.2, 0) is 9.59 Å². The molecule has 0 saturated carbocycles. The van der Waals surface area contributed by atoms with Gasteiger partial charge in [-0.05, 0) is 38.6 Å². The van der Waals surface area contributed by atoms with Crippen LogP contribution in [0.15, 0.2) is 0 Å². The first kappa shape index (κ1) is 13.3. The van der Waals surface area contributed by atoms with Gasteiger partial charge in [0.05, 0.1) is 5.92 Å². The maximum Gasteiger partial charge on any atom is 0.329 e. The molecule has 2 rings (SSSR count). The lowest BCUT2D eigenvalue weighted by Crippen LogP contribution is -2.55. The fourth-order valence-corrected chi connectivity index (χ4v) is 3.22. The highest BCUT2D eigenvalue weighted by Crippen LogP contribution is 2.34. The summed E-state index contributed by atoms with van der Waals surface area (Å²) in [5, 5.41) is 12.7. The van der Waals surface area contributed by atoms with E-state index in [2.05, 4.69) is 5.32 Å². The molecule has 2 saturated heterocycles. The van der Waals surface area contributed by atoms with Gasteiger partial charge in [0.1, 0.15) is 5.54 Å². The predicted octanol–water partition coefficient (Wildman–Crippen LogP) is 0.842. The Morgan fingerprint density at radius 1 is 1.44 bits per heavy atom. The van der Waals surface area contributed by atoms with E-state index in [1.807, 2.05) is 6.92 Å². The molecular weight excluding hydrogens is 232 g/mol. The average Bonchev–Trinajstić information content (AvgIpc) is 2.84. The van der Waals surface area contributed by atoms with E-state index in [0.717, 1.165) is 25.8 Å². The Labute approximate surface area is 108 Å². The molecule has 0 radical (unpaired) electrons. The van der Waals surface area contributed by atoms with E-state index in [1.54, 1.807) is 4.90 Å². The number of carboxylic acid groups (broad SMARTS) is 1. The van der Waals surface area contributed by atoms with Gasteiger partial charge < -0.3 is 15.3 Å². The molecule has 2 heterocycles. The molecule has 0 aromatic heterocycles. The highest BCUT2D eigenvalue weighted by atomic mass is 16.4. The minimum absolute atomic E-state index is 0.0314. The molecule has 2 atom stereocenters. The zero-order valence-electron chi connectivity index (χ0n) is 10.9. The Hall–Kier alpha value is -1.10. The van der Waals surface area contributed by atoms with Crippen molar-refractivity contribution >= 4 is 11.9 Å². The first-order valence-corrected chi connectivity index (χ1v) is 6.87. The van der Waals surface area contributed by atoms with Gasteiger partial charge >= 0.3 is 5.97 Å². The van der Waals surface area contributed by atoms with E-state index in [1.165, 1.54) is 0 Å². The summed E-state index contributed by atoms with van der Waals surface area (Å²) in [4.78, 5) is 25.7. The zero-order chi connectivity index (χ0) is 13.2. The van der Waals surface area contributed by atoms with Gasteiger partial charge in [0.15, 0.2) is 0 Å². The third kappa shape index (κ3) is 2.11. The van der Waals surface area contributed by atoms with Crippen molar-refractivity contribution in [3.8, 4) is 0 Å². The van der Waals surface area contributed by atoms with Gasteiger partial charge in [0.2, 0.25) is 5.91 Å². The predicted molar refractivity (Wildman–Crippen MR) is 67.2 cm³/mol. The van der Waals surface area contributed by atoms with E-state index in [-0.39, 0.29) is 11.8 Å². The summed E-state index contributed by atoms with van der Waals surface area (Å²) in [7, 11) is 0. The monoisotopic (exact) mass is 254 g/mol. The van der Waals surface area contributed by atoms with E-state index >= 15 is 0 Å². The summed E-state index contributed by atoms with van der Waals surface area (Å²) in [6.45, 7) is 4.10. The summed E-state index contributed by atoms with van der Waals surface area (Å²) in [5.74, 6) is -0.856. The fourth-order valence-electron chi connectivity index (χ4n) is 3.22. The van der Waals surface area contributed by atoms with Crippen molar-refractivity contribution in [2.24, 2.45) is 5.92 Å². The number of aliphatic carboxylic acids is 1. The van der Waals surface area contributed by atoms with Gasteiger partial charge in [0, 0.05) is 13.1 Å². The number of nitrogens with zero attached hydrogens (tertiary/aromatic N) is 1. The number of carboxylic acids is 1. The summed E-state index contributed by atoms with van der Waals surface area (Å²) in [6, 6.07) is 0. The number of piperidine rings is 1. The molecule has 0 aromatic carbocycles. The summed E-state index contributed by atoms with van der Waals surface area (Å²) in [5.41, 5.74) is -0.950. The smallest absolute Gasteiger partial charge is 0.329 e. The number of hydrogen-bond donors (Lipinski definition) is 2. The number of amides is 1. The lowest BCUT2D eigenvalue weighted by atomic mass is 9.90. The quantitative estimate of drug-likeness (QED) is 0.783. The first-order valence-electron chi connectivity index (χ1n) is 6.87. The molecule has 2 aliphatic rings. The van der Waals surface area contributed by atoms with E-state index < -0.39 is 11.5 Å². The second-order valence-corrected chi connectivity index (χ2v) is 5.33. The molecule has 1 unspecified atom stereocenters. The maximum atomic E-state index is 12.5. The van der Waals surface area contributed by atoms with Gasteiger partial charge in [-0.15, -0.1) is 0 Å². The van der Waals surface area contributed by atoms with Gasteiger partial charge in [-0.3, -0.25) is 4.79 Å². The second-order valence-electron chi connectivity index (χ2n) is 5.33. The second kappa shape index (κ2) is 5.26. The number of hydrogen-bond acceptors (Lipinski definition) is 3. The molecule has 2 aliphatic heterocycles. The topological polar surface area (TPSA) is 69.6 Å². The molecule has 102 valence electrons. The van der Waals surface area contributed by atoms with Crippen LogP contribution in [0.5, 0.6) is 0 Å². The van der Waals surface area contributed by atoms with Crippen LogP contribution in [-0.4, -0.2) is 47.1 Å². The van der Waals surface area contributed by atoms with Gasteiger partial charge in [-0.25, -0.2) is 4.79 Å². The molecule has 0 aromatic rings. The van der Waals surface area contributed by atoms with E-state index in [9.17, 15) is 14.7 Å². The summed E-state index contributed by atoms with van der Waals surface area (Å²) in [6.07, 6.45) is 3.75. The minimum Gasteiger partial charge on any atom is -0.479 e. The largest absolute Gasteiger partial charge is 0.479 e. The van der Waals surface area contributed by atoms with Crippen LogP contribution in [0, 0.1) is 5.92 Å². The Kier molecular flexibility index (Phi) is 3.90. The van der Waals surface area contributed by atoms with Crippen molar-refractivity contribution in [2.45, 2.75) is 44.6 Å². The summed E-state index contributed by atoms with van der Waals surface area (Å²) < 4.78 is 0. The number of nitrogens with one attached hydrogen (secondary N) is 1. The Balaban J connectivity index is 2.15. The molecule has 1 amide bonds. The SMILES string of the molecule is CCC1(C(=O)O)CCCN1C(=O)[C@H]1CCCNC1. The maximum absolute atomic E-state index is 12.5. The van der Waals surface area contributed by atoms with E-state index in [4.69, 9.17) is 0 Å². The lowest BCUT2D eigenvalue weighted by Gasteiger charge is -2.37. The fraction of sp³-hybridized carbons (Fsp3) is 0.846. The van der Waals surface area contributed by atoms with Crippen molar-refractivity contribution in [1.29, 1.82) is 0 Å². The molecule has 0 bridgehead atoms. The molecule has 2 fully saturated rings. The lowest BCUT2D eigenvalue weighted by molar-refractivity contribution is -0.158. The van der Waals surface area contributed by atoms with Crippen LogP contribution in [0.1, 0.15) is 39.0 Å². The van der Waals surface area contributed by atoms with E-state index in [0.29, 0.717) is 25.9 Å². The standard InChI is InChI=1S/C13H22N2O3/c1-2-13(12(17)18)6-4-8-15(13)11(16)10-5-3-7-14-9-10/h10,14H,2-9H2,1H3,(H,17,18)/t10-,13?/m0/s1.